The molecule has 0 fully saturated rings. The van der Waals surface area contributed by atoms with Gasteiger partial charge in [-0.05, 0) is 31.9 Å². The summed E-state index contributed by atoms with van der Waals surface area (Å²) in [7, 11) is -3.54. The predicted molar refractivity (Wildman–Crippen MR) is 132 cm³/mol. The average molecular weight is 568 g/mol. The first-order valence-corrected chi connectivity index (χ1v) is 13.3. The van der Waals surface area contributed by atoms with Crippen LogP contribution >= 0.6 is 0 Å². The van der Waals surface area contributed by atoms with Crippen LogP contribution < -0.4 is 16.4 Å². The van der Waals surface area contributed by atoms with Crippen molar-refractivity contribution in [2.45, 2.75) is 43.4 Å². The normalized spacial score (nSPS) is 13.0. The van der Waals surface area contributed by atoms with Crippen LogP contribution in [0.3, 0.4) is 0 Å². The Kier molecular flexibility index (Phi) is 7.50. The van der Waals surface area contributed by atoms with E-state index in [4.69, 9.17) is 0 Å². The molecule has 4 rings (SSSR count). The van der Waals surface area contributed by atoms with Crippen molar-refractivity contribution in [1.29, 1.82) is 0 Å². The molecular formula is C23H21F4N7O4S. The van der Waals surface area contributed by atoms with Crippen LogP contribution in [0.5, 0.6) is 0 Å². The molecule has 0 saturated heterocycles. The van der Waals surface area contributed by atoms with Gasteiger partial charge in [-0.25, -0.2) is 32.9 Å². The van der Waals surface area contributed by atoms with E-state index in [1.54, 1.807) is 12.0 Å². The van der Waals surface area contributed by atoms with Crippen molar-refractivity contribution in [3.63, 3.8) is 0 Å². The summed E-state index contributed by atoms with van der Waals surface area (Å²) in [6, 6.07) is 1.77. The van der Waals surface area contributed by atoms with E-state index in [2.05, 4.69) is 25.4 Å². The molecule has 39 heavy (non-hydrogen) atoms. The third-order valence-corrected chi connectivity index (χ3v) is 6.85. The van der Waals surface area contributed by atoms with Gasteiger partial charge in [0.1, 0.15) is 16.3 Å². The highest BCUT2D eigenvalue weighted by Crippen LogP contribution is 2.32. The topological polar surface area (TPSA) is 153 Å². The smallest absolute Gasteiger partial charge is 0.381 e. The Hall–Kier alpha value is -4.21. The van der Waals surface area contributed by atoms with Crippen molar-refractivity contribution < 1.29 is 26.0 Å². The number of sulfone groups is 1. The number of aryl methyl sites for hydroxylation is 1. The van der Waals surface area contributed by atoms with E-state index in [-0.39, 0.29) is 33.7 Å². The van der Waals surface area contributed by atoms with Gasteiger partial charge in [0.2, 0.25) is 0 Å². The molecule has 1 aromatic carbocycles. The monoisotopic (exact) mass is 567 g/mol. The van der Waals surface area contributed by atoms with Crippen LogP contribution in [0.4, 0.5) is 23.2 Å². The van der Waals surface area contributed by atoms with Gasteiger partial charge in [0.05, 0.1) is 34.7 Å². The molecule has 0 unspecified atom stereocenters. The number of fused-ring (bicyclic) bond motifs is 1. The number of nitrogens with one attached hydrogen (secondary N) is 2. The lowest BCUT2D eigenvalue weighted by Gasteiger charge is -2.18. The van der Waals surface area contributed by atoms with E-state index < -0.39 is 50.2 Å². The minimum Gasteiger partial charge on any atom is -0.381 e. The van der Waals surface area contributed by atoms with Gasteiger partial charge in [0.25, 0.3) is 11.1 Å². The number of aromatic nitrogens is 6. The summed E-state index contributed by atoms with van der Waals surface area (Å²) in [5, 5.41) is 7.79. The fourth-order valence-electron chi connectivity index (χ4n) is 3.85. The van der Waals surface area contributed by atoms with Crippen molar-refractivity contribution in [3.8, 4) is 11.4 Å². The number of rotatable bonds is 8. The molecule has 2 N–H and O–H groups in total. The van der Waals surface area contributed by atoms with Gasteiger partial charge in [0.15, 0.2) is 15.7 Å². The summed E-state index contributed by atoms with van der Waals surface area (Å²) in [6.45, 7) is 1.76. The Morgan fingerprint density at radius 3 is 2.44 bits per heavy atom. The van der Waals surface area contributed by atoms with Crippen molar-refractivity contribution in [1.82, 2.24) is 29.7 Å². The lowest BCUT2D eigenvalue weighted by atomic mass is 10.1. The number of anilines is 1. The number of halogens is 4. The SMILES string of the molecule is C[C@@H](CCCn1cnc2cc(-c3ncc(S(C)(=O)=O)cn3)c(F)cc2c1=O)Nc1cn[nH]c(=O)c1C(F)(F)F. The zero-order chi connectivity index (χ0) is 28.5. The number of aromatic amines is 1. The van der Waals surface area contributed by atoms with Crippen LogP contribution in [-0.4, -0.2) is 50.4 Å². The zero-order valence-electron chi connectivity index (χ0n) is 20.5. The molecule has 0 spiro atoms. The number of nitrogens with zero attached hydrogens (tertiary/aromatic N) is 5. The Bertz CT molecular complexity index is 1750. The summed E-state index contributed by atoms with van der Waals surface area (Å²) < 4.78 is 79.0. The summed E-state index contributed by atoms with van der Waals surface area (Å²) in [4.78, 5) is 36.4. The third kappa shape index (κ3) is 6.10. The fraction of sp³-hybridized carbons (Fsp3) is 0.304. The van der Waals surface area contributed by atoms with Crippen LogP contribution in [0, 0.1) is 5.82 Å². The molecule has 0 aliphatic heterocycles. The standard InChI is InChI=1S/C23H21F4N7O4S/c1-12(32-18-10-31-33-21(35)19(18)23(25,26)27)4-3-5-34-11-30-17-7-14(16(24)6-15(17)22(34)36)20-28-8-13(9-29-20)39(2,37)38/h6-12H,3-5H2,1-2H3,(H2,32,33,35)/t12-/m0/s1. The van der Waals surface area contributed by atoms with Crippen molar-refractivity contribution >= 4 is 26.4 Å². The van der Waals surface area contributed by atoms with Crippen molar-refractivity contribution in [2.24, 2.45) is 0 Å². The predicted octanol–water partition coefficient (Wildman–Crippen LogP) is 2.78. The maximum atomic E-state index is 14.9. The molecule has 11 nitrogen and oxygen atoms in total. The van der Waals surface area contributed by atoms with Gasteiger partial charge in [-0.15, -0.1) is 0 Å². The quantitative estimate of drug-likeness (QED) is 0.306. The van der Waals surface area contributed by atoms with Crippen LogP contribution in [0.15, 0.2) is 51.5 Å². The van der Waals surface area contributed by atoms with Gasteiger partial charge in [-0.3, -0.25) is 14.2 Å². The lowest BCUT2D eigenvalue weighted by molar-refractivity contribution is -0.138. The number of hydrogen-bond acceptors (Lipinski definition) is 9. The highest BCUT2D eigenvalue weighted by Gasteiger charge is 2.37. The van der Waals surface area contributed by atoms with Crippen molar-refractivity contribution in [3.05, 3.63) is 69.1 Å². The number of alkyl halides is 3. The molecule has 3 heterocycles. The van der Waals surface area contributed by atoms with Crippen LogP contribution in [0.1, 0.15) is 25.3 Å². The van der Waals surface area contributed by atoms with Crippen LogP contribution in [0.2, 0.25) is 0 Å². The molecule has 16 heteroatoms. The highest BCUT2D eigenvalue weighted by atomic mass is 32.2. The first-order chi connectivity index (χ1) is 18.3. The van der Waals surface area contributed by atoms with E-state index in [1.165, 1.54) is 17.0 Å². The average Bonchev–Trinajstić information content (AvgIpc) is 2.84. The molecule has 0 bridgehead atoms. The molecule has 1 atom stereocenters. The highest BCUT2D eigenvalue weighted by molar-refractivity contribution is 7.90. The molecular weight excluding hydrogens is 546 g/mol. The lowest BCUT2D eigenvalue weighted by Crippen LogP contribution is -2.27. The van der Waals surface area contributed by atoms with Crippen molar-refractivity contribution in [2.75, 3.05) is 11.6 Å². The van der Waals surface area contributed by atoms with Gasteiger partial charge < -0.3 is 5.32 Å². The minimum atomic E-state index is -4.87. The number of hydrogen-bond donors (Lipinski definition) is 2. The molecule has 206 valence electrons. The van der Waals surface area contributed by atoms with E-state index in [1.807, 2.05) is 0 Å². The van der Waals surface area contributed by atoms with Gasteiger partial charge in [-0.2, -0.15) is 18.3 Å². The second kappa shape index (κ2) is 10.5. The molecule has 4 aromatic rings. The summed E-state index contributed by atoms with van der Waals surface area (Å²) in [5.41, 5.74) is -3.62. The summed E-state index contributed by atoms with van der Waals surface area (Å²) in [6.07, 6.45) is 1.04. The maximum absolute atomic E-state index is 14.9. The molecule has 0 aliphatic carbocycles. The Labute approximate surface area is 217 Å². The largest absolute Gasteiger partial charge is 0.423 e. The number of benzene rings is 1. The van der Waals surface area contributed by atoms with Gasteiger partial charge in [0, 0.05) is 31.2 Å². The first-order valence-electron chi connectivity index (χ1n) is 11.4. The van der Waals surface area contributed by atoms with Crippen LogP contribution in [0.25, 0.3) is 22.3 Å². The van der Waals surface area contributed by atoms with Crippen LogP contribution in [-0.2, 0) is 22.6 Å². The summed E-state index contributed by atoms with van der Waals surface area (Å²) >= 11 is 0. The second-order valence-corrected chi connectivity index (χ2v) is 10.8. The zero-order valence-corrected chi connectivity index (χ0v) is 21.3. The molecule has 0 amide bonds. The first kappa shape index (κ1) is 27.8. The maximum Gasteiger partial charge on any atom is 0.423 e. The Balaban J connectivity index is 1.48. The number of H-pyrrole nitrogens is 1. The summed E-state index contributed by atoms with van der Waals surface area (Å²) in [5.74, 6) is -0.894. The molecule has 3 aromatic heterocycles. The Morgan fingerprint density at radius 1 is 1.10 bits per heavy atom. The third-order valence-electron chi connectivity index (χ3n) is 5.79. The van der Waals surface area contributed by atoms with E-state index in [0.29, 0.717) is 12.8 Å². The molecule has 0 aliphatic rings. The van der Waals surface area contributed by atoms with E-state index in [9.17, 15) is 35.6 Å². The van der Waals surface area contributed by atoms with E-state index >= 15 is 0 Å². The minimum absolute atomic E-state index is 0.0120. The van der Waals surface area contributed by atoms with Gasteiger partial charge >= 0.3 is 6.18 Å². The second-order valence-electron chi connectivity index (χ2n) is 8.78. The van der Waals surface area contributed by atoms with E-state index in [0.717, 1.165) is 30.9 Å². The van der Waals surface area contributed by atoms with Gasteiger partial charge in [-0.1, -0.05) is 0 Å². The molecule has 0 radical (unpaired) electrons. The fourth-order valence-corrected chi connectivity index (χ4v) is 4.34. The Morgan fingerprint density at radius 2 is 1.79 bits per heavy atom. The molecule has 0 saturated carbocycles.